The van der Waals surface area contributed by atoms with Crippen LogP contribution in [0, 0.1) is 0 Å². The number of benzene rings is 3. The quantitative estimate of drug-likeness (QED) is 0.226. The number of hydrazone groups is 1. The van der Waals surface area contributed by atoms with Gasteiger partial charge in [0.25, 0.3) is 5.91 Å². The number of nitrogens with zero attached hydrogens (tertiary/aromatic N) is 1. The van der Waals surface area contributed by atoms with Crippen molar-refractivity contribution in [3.8, 4) is 17.2 Å². The van der Waals surface area contributed by atoms with Gasteiger partial charge < -0.3 is 14.2 Å². The van der Waals surface area contributed by atoms with Crippen LogP contribution in [0.2, 0.25) is 5.02 Å². The first kappa shape index (κ1) is 26.3. The molecule has 9 heteroatoms. The molecule has 6 nitrogen and oxygen atoms in total. The van der Waals surface area contributed by atoms with Gasteiger partial charge in [0.05, 0.1) is 22.4 Å². The summed E-state index contributed by atoms with van der Waals surface area (Å²) in [6.45, 7) is 2.56. The Balaban J connectivity index is 1.30. The molecule has 0 aromatic heterocycles. The van der Waals surface area contributed by atoms with Crippen molar-refractivity contribution in [3.05, 3.63) is 88.4 Å². The van der Waals surface area contributed by atoms with Crippen LogP contribution in [-0.4, -0.2) is 36.8 Å². The lowest BCUT2D eigenvalue weighted by molar-refractivity contribution is -0.123. The molecule has 1 N–H and O–H groups in total. The van der Waals surface area contributed by atoms with Crippen molar-refractivity contribution >= 4 is 47.2 Å². The molecule has 0 bridgehead atoms. The maximum absolute atomic E-state index is 12.2. The van der Waals surface area contributed by atoms with Gasteiger partial charge in [0, 0.05) is 11.5 Å². The average molecular weight is 543 g/mol. The van der Waals surface area contributed by atoms with Gasteiger partial charge in [-0.3, -0.25) is 4.79 Å². The van der Waals surface area contributed by atoms with Gasteiger partial charge in [-0.1, -0.05) is 54.1 Å². The predicted octanol–water partition coefficient (Wildman–Crippen LogP) is 6.33. The standard InChI is InChI=1S/C27H27ClN2O4S2/c1-2-32-24-15-20(14-23(28)26(24)34-17-19-6-4-3-5-7-19)16-29-30-25(31)18-33-22-10-8-21(9-11-22)27-35-12-13-36-27/h3-11,14-16,27H,2,12-13,17-18H2,1H3,(H,30,31)/b29-16-. The summed E-state index contributed by atoms with van der Waals surface area (Å²) in [5.41, 5.74) is 5.43. The summed E-state index contributed by atoms with van der Waals surface area (Å²) in [6, 6.07) is 21.2. The SMILES string of the molecule is CCOc1cc(/C=N\NC(=O)COc2ccc(C3SCCS3)cc2)cc(Cl)c1OCc1ccccc1. The summed E-state index contributed by atoms with van der Waals surface area (Å²) in [5, 5.41) is 4.42. The third-order valence-electron chi connectivity index (χ3n) is 5.10. The van der Waals surface area contributed by atoms with E-state index in [0.717, 1.165) is 5.56 Å². The molecule has 0 radical (unpaired) electrons. The largest absolute Gasteiger partial charge is 0.490 e. The van der Waals surface area contributed by atoms with Gasteiger partial charge in [0.2, 0.25) is 0 Å². The van der Waals surface area contributed by atoms with Crippen LogP contribution in [0.5, 0.6) is 17.2 Å². The minimum absolute atomic E-state index is 0.138. The van der Waals surface area contributed by atoms with Gasteiger partial charge in [-0.05, 0) is 47.9 Å². The Morgan fingerprint density at radius 3 is 2.53 bits per heavy atom. The number of halogens is 1. The first-order chi connectivity index (χ1) is 17.6. The highest BCUT2D eigenvalue weighted by molar-refractivity contribution is 8.19. The molecule has 0 saturated carbocycles. The molecule has 1 heterocycles. The van der Waals surface area contributed by atoms with Crippen LogP contribution < -0.4 is 19.6 Å². The summed E-state index contributed by atoms with van der Waals surface area (Å²) in [7, 11) is 0. The van der Waals surface area contributed by atoms with Crippen molar-refractivity contribution in [1.82, 2.24) is 5.43 Å². The third kappa shape index (κ3) is 7.59. The summed E-state index contributed by atoms with van der Waals surface area (Å²) < 4.78 is 17.7. The van der Waals surface area contributed by atoms with Crippen LogP contribution in [0.3, 0.4) is 0 Å². The molecule has 1 aliphatic rings. The molecular formula is C27H27ClN2O4S2. The van der Waals surface area contributed by atoms with Crippen molar-refractivity contribution in [2.45, 2.75) is 18.1 Å². The van der Waals surface area contributed by atoms with Crippen LogP contribution in [0.1, 0.15) is 28.2 Å². The Kier molecular flexibility index (Phi) is 9.84. The topological polar surface area (TPSA) is 69.2 Å². The molecule has 1 fully saturated rings. The molecule has 1 amide bonds. The minimum Gasteiger partial charge on any atom is -0.490 e. The second-order valence-electron chi connectivity index (χ2n) is 7.76. The van der Waals surface area contributed by atoms with E-state index in [0.29, 0.717) is 45.6 Å². The van der Waals surface area contributed by atoms with Crippen LogP contribution in [-0.2, 0) is 11.4 Å². The summed E-state index contributed by atoms with van der Waals surface area (Å²) in [5.74, 6) is 3.61. The zero-order valence-corrected chi connectivity index (χ0v) is 22.2. The lowest BCUT2D eigenvalue weighted by atomic mass is 10.2. The van der Waals surface area contributed by atoms with E-state index < -0.39 is 0 Å². The van der Waals surface area contributed by atoms with Crippen LogP contribution in [0.4, 0.5) is 0 Å². The molecule has 0 atom stereocenters. The van der Waals surface area contributed by atoms with Crippen molar-refractivity contribution in [1.29, 1.82) is 0 Å². The highest BCUT2D eigenvalue weighted by atomic mass is 35.5. The van der Waals surface area contributed by atoms with E-state index >= 15 is 0 Å². The van der Waals surface area contributed by atoms with E-state index in [1.165, 1.54) is 23.3 Å². The Hall–Kier alpha value is -2.81. The van der Waals surface area contributed by atoms with E-state index in [1.54, 1.807) is 12.1 Å². The first-order valence-electron chi connectivity index (χ1n) is 11.5. The fourth-order valence-electron chi connectivity index (χ4n) is 3.43. The van der Waals surface area contributed by atoms with Crippen LogP contribution in [0.15, 0.2) is 71.8 Å². The van der Waals surface area contributed by atoms with E-state index in [1.807, 2.05) is 85.0 Å². The minimum atomic E-state index is -0.365. The highest BCUT2D eigenvalue weighted by Crippen LogP contribution is 2.45. The number of ether oxygens (including phenoxy) is 3. The monoisotopic (exact) mass is 542 g/mol. The second-order valence-corrected chi connectivity index (χ2v) is 10.9. The second kappa shape index (κ2) is 13.5. The smallest absolute Gasteiger partial charge is 0.277 e. The first-order valence-corrected chi connectivity index (χ1v) is 14.0. The molecule has 4 rings (SSSR count). The lowest BCUT2D eigenvalue weighted by Crippen LogP contribution is -2.24. The molecule has 188 valence electrons. The van der Waals surface area contributed by atoms with Crippen molar-refractivity contribution in [2.24, 2.45) is 5.10 Å². The van der Waals surface area contributed by atoms with E-state index in [-0.39, 0.29) is 12.5 Å². The van der Waals surface area contributed by atoms with Gasteiger partial charge in [0.1, 0.15) is 12.4 Å². The molecule has 0 spiro atoms. The third-order valence-corrected chi connectivity index (χ3v) is 8.49. The molecule has 3 aromatic carbocycles. The Labute approximate surface area is 224 Å². The maximum atomic E-state index is 12.2. The number of nitrogens with one attached hydrogen (secondary N) is 1. The summed E-state index contributed by atoms with van der Waals surface area (Å²) >= 11 is 10.4. The van der Waals surface area contributed by atoms with E-state index in [4.69, 9.17) is 25.8 Å². The summed E-state index contributed by atoms with van der Waals surface area (Å²) in [4.78, 5) is 12.2. The number of hydrogen-bond acceptors (Lipinski definition) is 7. The molecular weight excluding hydrogens is 516 g/mol. The summed E-state index contributed by atoms with van der Waals surface area (Å²) in [6.07, 6.45) is 1.50. The Bertz CT molecular complexity index is 1170. The number of carbonyl (C=O) groups is 1. The van der Waals surface area contributed by atoms with Gasteiger partial charge in [-0.25, -0.2) is 5.43 Å². The molecule has 3 aromatic rings. The zero-order chi connectivity index (χ0) is 25.2. The Morgan fingerprint density at radius 2 is 1.81 bits per heavy atom. The van der Waals surface area contributed by atoms with Crippen LogP contribution >= 0.6 is 35.1 Å². The Morgan fingerprint density at radius 1 is 1.06 bits per heavy atom. The van der Waals surface area contributed by atoms with Crippen molar-refractivity contribution in [2.75, 3.05) is 24.7 Å². The fourth-order valence-corrected chi connectivity index (χ4v) is 6.56. The number of hydrogen-bond donors (Lipinski definition) is 1. The van der Waals surface area contributed by atoms with Gasteiger partial charge in [-0.15, -0.1) is 23.5 Å². The fraction of sp³-hybridized carbons (Fsp3) is 0.259. The number of carbonyl (C=O) groups excluding carboxylic acids is 1. The molecule has 1 aliphatic heterocycles. The number of thioether (sulfide) groups is 2. The molecule has 36 heavy (non-hydrogen) atoms. The molecule has 1 saturated heterocycles. The van der Waals surface area contributed by atoms with Crippen LogP contribution in [0.25, 0.3) is 0 Å². The highest BCUT2D eigenvalue weighted by Gasteiger charge is 2.18. The van der Waals surface area contributed by atoms with E-state index in [9.17, 15) is 4.79 Å². The lowest BCUT2D eigenvalue weighted by Gasteiger charge is -2.14. The van der Waals surface area contributed by atoms with E-state index in [2.05, 4.69) is 10.5 Å². The van der Waals surface area contributed by atoms with Crippen molar-refractivity contribution < 1.29 is 19.0 Å². The molecule has 0 aliphatic carbocycles. The normalized spacial score (nSPS) is 13.6. The number of amides is 1. The van der Waals surface area contributed by atoms with Gasteiger partial charge >= 0.3 is 0 Å². The van der Waals surface area contributed by atoms with Crippen molar-refractivity contribution in [3.63, 3.8) is 0 Å². The predicted molar refractivity (Wildman–Crippen MR) is 149 cm³/mol. The zero-order valence-electron chi connectivity index (χ0n) is 19.8. The average Bonchev–Trinajstić information content (AvgIpc) is 3.43. The van der Waals surface area contributed by atoms with Gasteiger partial charge in [-0.2, -0.15) is 5.10 Å². The number of rotatable bonds is 11. The molecule has 0 unspecified atom stereocenters. The maximum Gasteiger partial charge on any atom is 0.277 e. The van der Waals surface area contributed by atoms with Gasteiger partial charge in [0.15, 0.2) is 18.1 Å².